The van der Waals surface area contributed by atoms with Gasteiger partial charge < -0.3 is 14.7 Å². The van der Waals surface area contributed by atoms with Crippen LogP contribution in [0.2, 0.25) is 0 Å². The van der Waals surface area contributed by atoms with Crippen LogP contribution in [-0.4, -0.2) is 59.4 Å². The lowest BCUT2D eigenvalue weighted by Gasteiger charge is -2.36. The van der Waals surface area contributed by atoms with E-state index in [1.165, 1.54) is 0 Å². The van der Waals surface area contributed by atoms with E-state index in [1.807, 2.05) is 24.0 Å². The van der Waals surface area contributed by atoms with Crippen molar-refractivity contribution in [1.29, 1.82) is 0 Å². The summed E-state index contributed by atoms with van der Waals surface area (Å²) in [6.45, 7) is 4.20. The van der Waals surface area contributed by atoms with Crippen LogP contribution in [0.3, 0.4) is 0 Å². The van der Waals surface area contributed by atoms with E-state index in [-0.39, 0.29) is 23.7 Å². The molecule has 142 valence electrons. The first kappa shape index (κ1) is 19.9. The molecule has 2 amide bonds. The van der Waals surface area contributed by atoms with Crippen LogP contribution >= 0.6 is 0 Å². The van der Waals surface area contributed by atoms with Gasteiger partial charge in [0.2, 0.25) is 11.8 Å². The summed E-state index contributed by atoms with van der Waals surface area (Å²) >= 11 is 0. The molecule has 0 bridgehead atoms. The highest BCUT2D eigenvalue weighted by molar-refractivity contribution is 5.79. The Kier molecular flexibility index (Phi) is 7.87. The van der Waals surface area contributed by atoms with Crippen LogP contribution in [0.5, 0.6) is 0 Å². The van der Waals surface area contributed by atoms with E-state index in [1.54, 1.807) is 5.48 Å². The maximum Gasteiger partial charge on any atom is 0.246 e. The van der Waals surface area contributed by atoms with E-state index in [9.17, 15) is 14.7 Å². The number of allylic oxidation sites excluding steroid dienone is 1. The topological polar surface area (TPSA) is 99.1 Å². The molecule has 25 heavy (non-hydrogen) atoms. The summed E-state index contributed by atoms with van der Waals surface area (Å²) in [7, 11) is 0. The minimum absolute atomic E-state index is 0.00680. The number of nitrogens with one attached hydrogen (secondary N) is 1. The fourth-order valence-electron chi connectivity index (χ4n) is 3.72. The number of carbonyl (C=O) groups is 2. The van der Waals surface area contributed by atoms with E-state index in [2.05, 4.69) is 0 Å². The van der Waals surface area contributed by atoms with Crippen LogP contribution in [0, 0.1) is 17.8 Å². The van der Waals surface area contributed by atoms with Crippen LogP contribution in [0.15, 0.2) is 12.2 Å². The van der Waals surface area contributed by atoms with Gasteiger partial charge in [-0.25, -0.2) is 5.48 Å². The first-order chi connectivity index (χ1) is 12.1. The smallest absolute Gasteiger partial charge is 0.246 e. The Labute approximate surface area is 149 Å². The molecule has 0 aromatic carbocycles. The predicted octanol–water partition coefficient (Wildman–Crippen LogP) is 1.10. The molecule has 1 heterocycles. The van der Waals surface area contributed by atoms with Gasteiger partial charge in [-0.1, -0.05) is 12.2 Å². The zero-order chi connectivity index (χ0) is 18.2. The number of hydrogen-bond donors (Lipinski definition) is 3. The summed E-state index contributed by atoms with van der Waals surface area (Å²) in [6.07, 6.45) is 6.31. The van der Waals surface area contributed by atoms with Crippen LogP contribution < -0.4 is 5.48 Å². The van der Waals surface area contributed by atoms with Crippen molar-refractivity contribution in [3.8, 4) is 0 Å². The molecule has 3 N–H and O–H groups in total. The third-order valence-electron chi connectivity index (χ3n) is 5.34. The minimum atomic E-state index is -0.647. The Bertz CT molecular complexity index is 476. The Balaban J connectivity index is 1.96. The second kappa shape index (κ2) is 9.89. The first-order valence-electron chi connectivity index (χ1n) is 9.16. The van der Waals surface area contributed by atoms with Crippen molar-refractivity contribution >= 4 is 11.8 Å². The van der Waals surface area contributed by atoms with Crippen LogP contribution in [0.25, 0.3) is 0 Å². The van der Waals surface area contributed by atoms with Gasteiger partial charge in [-0.3, -0.25) is 14.8 Å². The summed E-state index contributed by atoms with van der Waals surface area (Å²) in [4.78, 5) is 26.2. The standard InChI is InChI=1S/C18H30N2O5/c1-2-3-8-20(18(23)13-6-9-25-10-7-13)12-15-5-4-14(11-16(15)21)17(22)19-24/h2-3,13-16,21,24H,4-12H2,1H3,(H,19,22)/b3-2-. The number of amides is 2. The number of ether oxygens (including phenoxy) is 1. The number of hydrogen-bond acceptors (Lipinski definition) is 5. The van der Waals surface area contributed by atoms with Crippen LogP contribution in [-0.2, 0) is 14.3 Å². The van der Waals surface area contributed by atoms with Crippen molar-refractivity contribution in [3.05, 3.63) is 12.2 Å². The molecule has 3 unspecified atom stereocenters. The summed E-state index contributed by atoms with van der Waals surface area (Å²) in [6, 6.07) is 0. The second-order valence-corrected chi connectivity index (χ2v) is 7.01. The minimum Gasteiger partial charge on any atom is -0.393 e. The molecule has 7 heteroatoms. The van der Waals surface area contributed by atoms with E-state index < -0.39 is 12.0 Å². The van der Waals surface area contributed by atoms with Crippen molar-refractivity contribution in [2.24, 2.45) is 17.8 Å². The van der Waals surface area contributed by atoms with Crippen molar-refractivity contribution in [2.45, 2.75) is 45.1 Å². The SMILES string of the molecule is C/C=C\CN(CC1CCC(C(=O)NO)CC1O)C(=O)C1CCOCC1. The van der Waals surface area contributed by atoms with Crippen LogP contribution in [0.4, 0.5) is 0 Å². The Morgan fingerprint density at radius 1 is 1.20 bits per heavy atom. The zero-order valence-corrected chi connectivity index (χ0v) is 14.9. The number of nitrogens with zero attached hydrogens (tertiary/aromatic N) is 1. The second-order valence-electron chi connectivity index (χ2n) is 7.01. The normalized spacial score (nSPS) is 28.0. The number of carbonyl (C=O) groups excluding carboxylic acids is 2. The maximum absolute atomic E-state index is 12.9. The van der Waals surface area contributed by atoms with E-state index >= 15 is 0 Å². The molecule has 0 aromatic rings. The molecule has 0 radical (unpaired) electrons. The molecular formula is C18H30N2O5. The highest BCUT2D eigenvalue weighted by Crippen LogP contribution is 2.30. The van der Waals surface area contributed by atoms with Gasteiger partial charge in [-0.05, 0) is 39.0 Å². The average molecular weight is 354 g/mol. The summed E-state index contributed by atoms with van der Waals surface area (Å²) in [5.41, 5.74) is 1.66. The van der Waals surface area contributed by atoms with Gasteiger partial charge in [0.15, 0.2) is 0 Å². The monoisotopic (exact) mass is 354 g/mol. The Morgan fingerprint density at radius 3 is 2.52 bits per heavy atom. The molecule has 3 atom stereocenters. The van der Waals surface area contributed by atoms with Gasteiger partial charge in [0.1, 0.15) is 0 Å². The average Bonchev–Trinajstić information content (AvgIpc) is 2.65. The summed E-state index contributed by atoms with van der Waals surface area (Å²) in [5, 5.41) is 19.2. The van der Waals surface area contributed by atoms with Gasteiger partial charge >= 0.3 is 0 Å². The molecule has 2 fully saturated rings. The van der Waals surface area contributed by atoms with Crippen molar-refractivity contribution < 1.29 is 24.6 Å². The molecule has 7 nitrogen and oxygen atoms in total. The molecule has 1 aliphatic heterocycles. The van der Waals surface area contributed by atoms with Crippen LogP contribution in [0.1, 0.15) is 39.0 Å². The van der Waals surface area contributed by atoms with Crippen molar-refractivity contribution in [2.75, 3.05) is 26.3 Å². The van der Waals surface area contributed by atoms with Gasteiger partial charge in [-0.15, -0.1) is 0 Å². The number of aliphatic hydroxyl groups excluding tert-OH is 1. The predicted molar refractivity (Wildman–Crippen MR) is 91.7 cm³/mol. The Morgan fingerprint density at radius 2 is 1.92 bits per heavy atom. The zero-order valence-electron chi connectivity index (χ0n) is 14.9. The molecular weight excluding hydrogens is 324 g/mol. The van der Waals surface area contributed by atoms with Crippen molar-refractivity contribution in [1.82, 2.24) is 10.4 Å². The van der Waals surface area contributed by atoms with Gasteiger partial charge in [0.05, 0.1) is 6.10 Å². The lowest BCUT2D eigenvalue weighted by atomic mass is 9.79. The molecule has 0 aromatic heterocycles. The van der Waals surface area contributed by atoms with E-state index in [0.29, 0.717) is 45.6 Å². The number of hydroxylamine groups is 1. The molecule has 2 aliphatic rings. The van der Waals surface area contributed by atoms with E-state index in [0.717, 1.165) is 12.8 Å². The summed E-state index contributed by atoms with van der Waals surface area (Å²) < 4.78 is 5.34. The number of rotatable bonds is 6. The molecule has 1 saturated carbocycles. The van der Waals surface area contributed by atoms with Gasteiger partial charge in [0, 0.05) is 44.1 Å². The number of aliphatic hydroxyl groups is 1. The quantitative estimate of drug-likeness (QED) is 0.377. The van der Waals surface area contributed by atoms with Crippen molar-refractivity contribution in [3.63, 3.8) is 0 Å². The third kappa shape index (κ3) is 5.52. The lowest BCUT2D eigenvalue weighted by molar-refractivity contribution is -0.141. The summed E-state index contributed by atoms with van der Waals surface area (Å²) in [5.74, 6) is -0.735. The first-order valence-corrected chi connectivity index (χ1v) is 9.16. The molecule has 1 aliphatic carbocycles. The fourth-order valence-corrected chi connectivity index (χ4v) is 3.72. The highest BCUT2D eigenvalue weighted by Gasteiger charge is 2.35. The molecule has 1 saturated heterocycles. The molecule has 0 spiro atoms. The van der Waals surface area contributed by atoms with Gasteiger partial charge in [-0.2, -0.15) is 0 Å². The lowest BCUT2D eigenvalue weighted by Crippen LogP contribution is -2.46. The highest BCUT2D eigenvalue weighted by atomic mass is 16.5. The Hall–Kier alpha value is -1.44. The fraction of sp³-hybridized carbons (Fsp3) is 0.778. The largest absolute Gasteiger partial charge is 0.393 e. The molecule has 2 rings (SSSR count). The van der Waals surface area contributed by atoms with Gasteiger partial charge in [0.25, 0.3) is 0 Å². The maximum atomic E-state index is 12.9. The van der Waals surface area contributed by atoms with E-state index in [4.69, 9.17) is 9.94 Å². The third-order valence-corrected chi connectivity index (χ3v) is 5.34.